The smallest absolute Gasteiger partial charge is 0.0485 e. The van der Waals surface area contributed by atoms with Gasteiger partial charge in [0.2, 0.25) is 0 Å². The summed E-state index contributed by atoms with van der Waals surface area (Å²) in [6.45, 7) is 0. The Balaban J connectivity index is 1.99. The second-order valence-corrected chi connectivity index (χ2v) is 6.61. The third kappa shape index (κ3) is 2.74. The highest BCUT2D eigenvalue weighted by atomic mass is 127. The second kappa shape index (κ2) is 6.22. The largest absolute Gasteiger partial charge is 0.312 e. The molecule has 2 nitrogen and oxygen atoms in total. The maximum absolute atomic E-state index is 4.68. The van der Waals surface area contributed by atoms with Gasteiger partial charge in [0.25, 0.3) is 0 Å². The van der Waals surface area contributed by atoms with Crippen molar-refractivity contribution >= 4 is 22.6 Å². The van der Waals surface area contributed by atoms with E-state index >= 15 is 0 Å². The SMILES string of the molecule is CNC(c1cccc(I)c1)C1CCCc2cccnc21. The predicted octanol–water partition coefficient (Wildman–Crippen LogP) is 4.07. The molecular formula is C17H19IN2. The molecule has 0 spiro atoms. The highest BCUT2D eigenvalue weighted by Crippen LogP contribution is 2.39. The van der Waals surface area contributed by atoms with Gasteiger partial charge in [-0.3, -0.25) is 4.98 Å². The van der Waals surface area contributed by atoms with E-state index in [2.05, 4.69) is 76.3 Å². The van der Waals surface area contributed by atoms with Crippen molar-refractivity contribution in [3.63, 3.8) is 0 Å². The van der Waals surface area contributed by atoms with Crippen molar-refractivity contribution in [2.45, 2.75) is 31.2 Å². The number of aromatic nitrogens is 1. The Kier molecular flexibility index (Phi) is 4.36. The topological polar surface area (TPSA) is 24.9 Å². The van der Waals surface area contributed by atoms with Crippen LogP contribution < -0.4 is 5.32 Å². The summed E-state index contributed by atoms with van der Waals surface area (Å²) in [6, 6.07) is 13.4. The fourth-order valence-electron chi connectivity index (χ4n) is 3.27. The molecule has 2 unspecified atom stereocenters. The third-order valence-corrected chi connectivity index (χ3v) is 4.83. The minimum atomic E-state index is 0.346. The van der Waals surface area contributed by atoms with Gasteiger partial charge in [-0.25, -0.2) is 0 Å². The van der Waals surface area contributed by atoms with Crippen LogP contribution in [0, 0.1) is 3.57 Å². The molecular weight excluding hydrogens is 359 g/mol. The molecule has 20 heavy (non-hydrogen) atoms. The monoisotopic (exact) mass is 378 g/mol. The number of pyridine rings is 1. The van der Waals surface area contributed by atoms with Crippen LogP contribution in [-0.4, -0.2) is 12.0 Å². The van der Waals surface area contributed by atoms with Gasteiger partial charge in [0.1, 0.15) is 0 Å². The minimum absolute atomic E-state index is 0.346. The molecule has 0 saturated carbocycles. The number of fused-ring (bicyclic) bond motifs is 1. The van der Waals surface area contributed by atoms with Crippen molar-refractivity contribution in [2.24, 2.45) is 0 Å². The van der Waals surface area contributed by atoms with Crippen LogP contribution >= 0.6 is 22.6 Å². The Morgan fingerprint density at radius 2 is 2.20 bits per heavy atom. The van der Waals surface area contributed by atoms with E-state index in [1.54, 1.807) is 0 Å². The van der Waals surface area contributed by atoms with E-state index in [-0.39, 0.29) is 0 Å². The number of benzene rings is 1. The van der Waals surface area contributed by atoms with Crippen LogP contribution in [0.25, 0.3) is 0 Å². The molecule has 0 saturated heterocycles. The van der Waals surface area contributed by atoms with Gasteiger partial charge in [-0.15, -0.1) is 0 Å². The number of hydrogen-bond donors (Lipinski definition) is 1. The van der Waals surface area contributed by atoms with Crippen LogP contribution in [0.1, 0.15) is 41.6 Å². The number of rotatable bonds is 3. The van der Waals surface area contributed by atoms with E-state index in [9.17, 15) is 0 Å². The Morgan fingerprint density at radius 1 is 1.30 bits per heavy atom. The standard InChI is InChI=1S/C17H19IN2/c1-19-16(13-6-2-8-14(18)11-13)15-9-3-5-12-7-4-10-20-17(12)15/h2,4,6-8,10-11,15-16,19H,3,5,9H2,1H3. The number of likely N-dealkylation sites (N-methyl/N-ethyl adjacent to an activating group) is 1. The van der Waals surface area contributed by atoms with Gasteiger partial charge in [-0.2, -0.15) is 0 Å². The van der Waals surface area contributed by atoms with E-state index in [0.29, 0.717) is 12.0 Å². The third-order valence-electron chi connectivity index (χ3n) is 4.16. The molecule has 1 aromatic heterocycles. The molecule has 2 atom stereocenters. The van der Waals surface area contributed by atoms with Crippen molar-refractivity contribution in [1.29, 1.82) is 0 Å². The number of nitrogens with one attached hydrogen (secondary N) is 1. The Bertz CT molecular complexity index is 597. The molecule has 3 rings (SSSR count). The Labute approximate surface area is 134 Å². The average molecular weight is 378 g/mol. The Hall–Kier alpha value is -0.940. The van der Waals surface area contributed by atoms with Crippen molar-refractivity contribution in [3.05, 3.63) is 63.0 Å². The molecule has 0 fully saturated rings. The van der Waals surface area contributed by atoms with Gasteiger partial charge < -0.3 is 5.32 Å². The quantitative estimate of drug-likeness (QED) is 0.815. The average Bonchev–Trinajstić information content (AvgIpc) is 2.48. The first-order chi connectivity index (χ1) is 9.79. The van der Waals surface area contributed by atoms with Gasteiger partial charge in [0, 0.05) is 27.4 Å². The van der Waals surface area contributed by atoms with Crippen molar-refractivity contribution in [1.82, 2.24) is 10.3 Å². The van der Waals surface area contributed by atoms with Gasteiger partial charge in [0.05, 0.1) is 0 Å². The molecule has 1 aliphatic rings. The molecule has 0 radical (unpaired) electrons. The molecule has 3 heteroatoms. The molecule has 104 valence electrons. The van der Waals surface area contributed by atoms with Crippen LogP contribution in [0.5, 0.6) is 0 Å². The molecule has 0 aliphatic heterocycles. The lowest BCUT2D eigenvalue weighted by molar-refractivity contribution is 0.415. The number of halogens is 1. The lowest BCUT2D eigenvalue weighted by Gasteiger charge is -2.31. The van der Waals surface area contributed by atoms with E-state index in [1.165, 1.54) is 39.7 Å². The normalized spacial score (nSPS) is 19.4. The maximum atomic E-state index is 4.68. The van der Waals surface area contributed by atoms with E-state index in [4.69, 9.17) is 0 Å². The van der Waals surface area contributed by atoms with E-state index in [1.807, 2.05) is 6.20 Å². The summed E-state index contributed by atoms with van der Waals surface area (Å²) in [5.74, 6) is 0.475. The molecule has 1 heterocycles. The molecule has 2 aromatic rings. The summed E-state index contributed by atoms with van der Waals surface area (Å²) in [5, 5.41) is 3.51. The van der Waals surface area contributed by atoms with E-state index in [0.717, 1.165) is 0 Å². The first-order valence-electron chi connectivity index (χ1n) is 7.16. The van der Waals surface area contributed by atoms with Gasteiger partial charge in [-0.05, 0) is 78.2 Å². The Morgan fingerprint density at radius 3 is 3.00 bits per heavy atom. The fourth-order valence-corrected chi connectivity index (χ4v) is 3.84. The van der Waals surface area contributed by atoms with Crippen LogP contribution in [0.3, 0.4) is 0 Å². The van der Waals surface area contributed by atoms with Crippen LogP contribution in [0.2, 0.25) is 0 Å². The second-order valence-electron chi connectivity index (χ2n) is 5.37. The van der Waals surface area contributed by atoms with Crippen LogP contribution in [-0.2, 0) is 6.42 Å². The van der Waals surface area contributed by atoms with Crippen LogP contribution in [0.4, 0.5) is 0 Å². The summed E-state index contributed by atoms with van der Waals surface area (Å²) >= 11 is 2.38. The minimum Gasteiger partial charge on any atom is -0.312 e. The summed E-state index contributed by atoms with van der Waals surface area (Å²) in [7, 11) is 2.06. The fraction of sp³-hybridized carbons (Fsp3) is 0.353. The van der Waals surface area contributed by atoms with Crippen molar-refractivity contribution < 1.29 is 0 Å². The summed E-state index contributed by atoms with van der Waals surface area (Å²) in [5.41, 5.74) is 4.08. The molecule has 0 bridgehead atoms. The lowest BCUT2D eigenvalue weighted by Crippen LogP contribution is -2.27. The number of nitrogens with zero attached hydrogens (tertiary/aromatic N) is 1. The molecule has 1 N–H and O–H groups in total. The summed E-state index contributed by atoms with van der Waals surface area (Å²) < 4.78 is 1.29. The number of aryl methyl sites for hydroxylation is 1. The summed E-state index contributed by atoms with van der Waals surface area (Å²) in [4.78, 5) is 4.68. The summed E-state index contributed by atoms with van der Waals surface area (Å²) in [6.07, 6.45) is 5.56. The molecule has 0 amide bonds. The molecule has 1 aliphatic carbocycles. The van der Waals surface area contributed by atoms with E-state index < -0.39 is 0 Å². The van der Waals surface area contributed by atoms with Crippen LogP contribution in [0.15, 0.2) is 42.6 Å². The molecule has 1 aromatic carbocycles. The predicted molar refractivity (Wildman–Crippen MR) is 90.9 cm³/mol. The van der Waals surface area contributed by atoms with Gasteiger partial charge in [0.15, 0.2) is 0 Å². The zero-order valence-corrected chi connectivity index (χ0v) is 13.8. The van der Waals surface area contributed by atoms with Crippen molar-refractivity contribution in [3.8, 4) is 0 Å². The first kappa shape index (κ1) is 14.0. The maximum Gasteiger partial charge on any atom is 0.0485 e. The highest BCUT2D eigenvalue weighted by molar-refractivity contribution is 14.1. The lowest BCUT2D eigenvalue weighted by atomic mass is 9.79. The van der Waals surface area contributed by atoms with Gasteiger partial charge >= 0.3 is 0 Å². The first-order valence-corrected chi connectivity index (χ1v) is 8.24. The zero-order chi connectivity index (χ0) is 13.9. The number of hydrogen-bond acceptors (Lipinski definition) is 2. The highest BCUT2D eigenvalue weighted by Gasteiger charge is 2.29. The van der Waals surface area contributed by atoms with Gasteiger partial charge in [-0.1, -0.05) is 18.2 Å². The van der Waals surface area contributed by atoms with Crippen molar-refractivity contribution in [2.75, 3.05) is 7.05 Å². The zero-order valence-electron chi connectivity index (χ0n) is 11.6.